The topological polar surface area (TPSA) is 78.9 Å². The molecule has 0 rings (SSSR count). The van der Waals surface area contributed by atoms with Gasteiger partial charge in [-0.1, -0.05) is 203 Å². The quantitative estimate of drug-likeness (QED) is 0.0262. The van der Waals surface area contributed by atoms with E-state index in [0.29, 0.717) is 19.3 Å². The molecule has 0 N–H and O–H groups in total. The van der Waals surface area contributed by atoms with Gasteiger partial charge in [0.15, 0.2) is 6.10 Å². The number of hydrogen-bond donors (Lipinski definition) is 0. The van der Waals surface area contributed by atoms with Gasteiger partial charge in [-0.2, -0.15) is 0 Å². The molecular formula is C58H100O6. The predicted octanol–water partition coefficient (Wildman–Crippen LogP) is 17.8. The first-order valence-corrected chi connectivity index (χ1v) is 26.9. The van der Waals surface area contributed by atoms with Crippen LogP contribution >= 0.6 is 0 Å². The van der Waals surface area contributed by atoms with E-state index in [0.717, 1.165) is 122 Å². The minimum atomic E-state index is -0.792. The molecule has 1 atom stereocenters. The molecule has 0 aromatic heterocycles. The second-order valence-electron chi connectivity index (χ2n) is 17.8. The molecule has 0 saturated heterocycles. The summed E-state index contributed by atoms with van der Waals surface area (Å²) in [6.45, 7) is 6.52. The van der Waals surface area contributed by atoms with Crippen molar-refractivity contribution >= 4 is 17.9 Å². The maximum Gasteiger partial charge on any atom is 0.306 e. The highest BCUT2D eigenvalue weighted by Crippen LogP contribution is 2.14. The summed E-state index contributed by atoms with van der Waals surface area (Å²) in [5, 5.41) is 0. The van der Waals surface area contributed by atoms with Crippen molar-refractivity contribution in [2.75, 3.05) is 13.2 Å². The third kappa shape index (κ3) is 49.9. The van der Waals surface area contributed by atoms with Gasteiger partial charge >= 0.3 is 17.9 Å². The zero-order valence-electron chi connectivity index (χ0n) is 42.0. The molecule has 0 fully saturated rings. The van der Waals surface area contributed by atoms with E-state index < -0.39 is 6.10 Å². The average molecular weight is 893 g/mol. The Balaban J connectivity index is 4.43. The van der Waals surface area contributed by atoms with Crippen molar-refractivity contribution in [3.05, 3.63) is 72.9 Å². The second-order valence-corrected chi connectivity index (χ2v) is 17.8. The number of allylic oxidation sites excluding steroid dienone is 12. The monoisotopic (exact) mass is 893 g/mol. The van der Waals surface area contributed by atoms with Crippen molar-refractivity contribution in [2.45, 2.75) is 264 Å². The van der Waals surface area contributed by atoms with Gasteiger partial charge in [0, 0.05) is 19.3 Å². The predicted molar refractivity (Wildman–Crippen MR) is 274 cm³/mol. The summed E-state index contributed by atoms with van der Waals surface area (Å²) in [5.74, 6) is -0.922. The van der Waals surface area contributed by atoms with Crippen LogP contribution in [0.15, 0.2) is 72.9 Å². The van der Waals surface area contributed by atoms with Crippen molar-refractivity contribution in [1.82, 2.24) is 0 Å². The minimum absolute atomic E-state index is 0.0900. The first-order valence-electron chi connectivity index (χ1n) is 26.9. The number of hydrogen-bond acceptors (Lipinski definition) is 6. The third-order valence-electron chi connectivity index (χ3n) is 11.4. The SMILES string of the molecule is CCCC/C=C\C/C=C\CCCCCCCC(=O)OC[C@H](COC(=O)CCCCCCCCC/C=C\C/C=C\CCCCC)OC(=O)CCCCCCC/C=C\C/C=C\CCCCC. The number of esters is 3. The van der Waals surface area contributed by atoms with Crippen molar-refractivity contribution < 1.29 is 28.6 Å². The van der Waals surface area contributed by atoms with Crippen molar-refractivity contribution in [3.63, 3.8) is 0 Å². The number of carbonyl (C=O) groups excluding carboxylic acids is 3. The molecule has 6 heteroatoms. The number of unbranched alkanes of at least 4 members (excludes halogenated alkanes) is 25. The van der Waals surface area contributed by atoms with E-state index in [1.54, 1.807) is 0 Å². The van der Waals surface area contributed by atoms with Crippen molar-refractivity contribution in [1.29, 1.82) is 0 Å². The van der Waals surface area contributed by atoms with Gasteiger partial charge in [-0.25, -0.2) is 0 Å². The Morgan fingerprint density at radius 2 is 0.578 bits per heavy atom. The smallest absolute Gasteiger partial charge is 0.306 e. The lowest BCUT2D eigenvalue weighted by molar-refractivity contribution is -0.167. The molecule has 0 aliphatic rings. The molecule has 0 amide bonds. The molecule has 0 saturated carbocycles. The van der Waals surface area contributed by atoms with E-state index in [1.807, 2.05) is 0 Å². The summed E-state index contributed by atoms with van der Waals surface area (Å²) in [7, 11) is 0. The molecule has 0 aliphatic carbocycles. The molecule has 64 heavy (non-hydrogen) atoms. The highest BCUT2D eigenvalue weighted by atomic mass is 16.6. The van der Waals surface area contributed by atoms with E-state index in [4.69, 9.17) is 14.2 Å². The molecule has 0 heterocycles. The molecular weight excluding hydrogens is 793 g/mol. The molecule has 0 unspecified atom stereocenters. The Hall–Kier alpha value is -3.15. The van der Waals surface area contributed by atoms with E-state index >= 15 is 0 Å². The van der Waals surface area contributed by atoms with Gasteiger partial charge in [-0.05, 0) is 109 Å². The van der Waals surface area contributed by atoms with Crippen LogP contribution < -0.4 is 0 Å². The number of carbonyl (C=O) groups is 3. The molecule has 0 spiro atoms. The van der Waals surface area contributed by atoms with Crippen LogP contribution in [0.5, 0.6) is 0 Å². The Bertz CT molecular complexity index is 1210. The summed E-state index contributed by atoms with van der Waals surface area (Å²) >= 11 is 0. The average Bonchev–Trinajstić information content (AvgIpc) is 3.29. The van der Waals surface area contributed by atoms with E-state index in [2.05, 4.69) is 93.7 Å². The minimum Gasteiger partial charge on any atom is -0.462 e. The lowest BCUT2D eigenvalue weighted by Gasteiger charge is -2.18. The summed E-state index contributed by atoms with van der Waals surface area (Å²) in [5.41, 5.74) is 0. The molecule has 0 aromatic rings. The normalized spacial score (nSPS) is 12.6. The zero-order chi connectivity index (χ0) is 46.5. The Labute approximate surface area is 395 Å². The first kappa shape index (κ1) is 60.9. The van der Waals surface area contributed by atoms with Gasteiger partial charge in [0.05, 0.1) is 0 Å². The fraction of sp³-hybridized carbons (Fsp3) is 0.741. The fourth-order valence-electron chi connectivity index (χ4n) is 7.28. The summed E-state index contributed by atoms with van der Waals surface area (Å²) in [6, 6.07) is 0. The van der Waals surface area contributed by atoms with E-state index in [1.165, 1.54) is 96.3 Å². The van der Waals surface area contributed by atoms with E-state index in [9.17, 15) is 14.4 Å². The molecule has 0 radical (unpaired) electrons. The van der Waals surface area contributed by atoms with Gasteiger partial charge < -0.3 is 14.2 Å². The van der Waals surface area contributed by atoms with Crippen molar-refractivity contribution in [3.8, 4) is 0 Å². The fourth-order valence-corrected chi connectivity index (χ4v) is 7.28. The highest BCUT2D eigenvalue weighted by molar-refractivity contribution is 5.71. The first-order chi connectivity index (χ1) is 31.5. The maximum atomic E-state index is 12.8. The number of rotatable bonds is 48. The van der Waals surface area contributed by atoms with Gasteiger partial charge in [-0.3, -0.25) is 14.4 Å². The van der Waals surface area contributed by atoms with Crippen LogP contribution in [0.4, 0.5) is 0 Å². The van der Waals surface area contributed by atoms with Gasteiger partial charge in [0.1, 0.15) is 13.2 Å². The Morgan fingerprint density at radius 3 is 0.906 bits per heavy atom. The van der Waals surface area contributed by atoms with Gasteiger partial charge in [0.2, 0.25) is 0 Å². The Kier molecular flexibility index (Phi) is 49.9. The molecule has 0 aromatic carbocycles. The summed E-state index contributed by atoms with van der Waals surface area (Å²) in [6.07, 6.45) is 65.9. The van der Waals surface area contributed by atoms with Crippen LogP contribution in [-0.2, 0) is 28.6 Å². The lowest BCUT2D eigenvalue weighted by atomic mass is 10.1. The molecule has 0 bridgehead atoms. The van der Waals surface area contributed by atoms with Gasteiger partial charge in [-0.15, -0.1) is 0 Å². The molecule has 6 nitrogen and oxygen atoms in total. The summed E-state index contributed by atoms with van der Waals surface area (Å²) < 4.78 is 16.8. The van der Waals surface area contributed by atoms with Crippen LogP contribution in [-0.4, -0.2) is 37.2 Å². The van der Waals surface area contributed by atoms with Crippen molar-refractivity contribution in [2.24, 2.45) is 0 Å². The molecule has 0 aliphatic heterocycles. The van der Waals surface area contributed by atoms with E-state index in [-0.39, 0.29) is 31.1 Å². The maximum absolute atomic E-state index is 12.8. The van der Waals surface area contributed by atoms with Crippen LogP contribution in [0.25, 0.3) is 0 Å². The van der Waals surface area contributed by atoms with Crippen LogP contribution in [0.2, 0.25) is 0 Å². The standard InChI is InChI=1S/C58H100O6/c1-4-7-10-13-16-19-22-25-28-29-31-33-36-39-42-45-48-51-57(60)63-54-55(53-62-56(59)50-47-44-41-38-35-32-27-24-21-18-15-12-9-6-3)64-58(61)52-49-46-43-40-37-34-30-26-23-20-17-14-11-8-5-2/h15-20,24-28,30,55H,4-14,21-23,29,31-54H2,1-3H3/b18-15-,19-16-,20-17-,27-24-,28-25-,30-26-/t55-/m1/s1. The Morgan fingerprint density at radius 1 is 0.312 bits per heavy atom. The van der Waals surface area contributed by atoms with Crippen LogP contribution in [0, 0.1) is 0 Å². The summed E-state index contributed by atoms with van der Waals surface area (Å²) in [4.78, 5) is 38.0. The largest absolute Gasteiger partial charge is 0.462 e. The van der Waals surface area contributed by atoms with Crippen LogP contribution in [0.1, 0.15) is 258 Å². The highest BCUT2D eigenvalue weighted by Gasteiger charge is 2.19. The lowest BCUT2D eigenvalue weighted by Crippen LogP contribution is -2.30. The zero-order valence-corrected chi connectivity index (χ0v) is 42.0. The van der Waals surface area contributed by atoms with Gasteiger partial charge in [0.25, 0.3) is 0 Å². The molecule has 368 valence electrons. The second kappa shape index (κ2) is 52.5. The van der Waals surface area contributed by atoms with Crippen LogP contribution in [0.3, 0.4) is 0 Å². The third-order valence-corrected chi connectivity index (χ3v) is 11.4. The number of ether oxygens (including phenoxy) is 3.